The maximum atomic E-state index is 11.4. The maximum absolute atomic E-state index is 11.4. The van der Waals surface area contributed by atoms with Crippen LogP contribution in [0.1, 0.15) is 32.1 Å². The molecule has 1 aromatic rings. The summed E-state index contributed by atoms with van der Waals surface area (Å²) in [5.74, 6) is 0. The highest BCUT2D eigenvalue weighted by molar-refractivity contribution is 5.04. The van der Waals surface area contributed by atoms with Crippen LogP contribution in [-0.4, -0.2) is 9.55 Å². The van der Waals surface area contributed by atoms with E-state index in [1.807, 2.05) is 0 Å². The summed E-state index contributed by atoms with van der Waals surface area (Å²) in [4.78, 5) is 25.4. The fourth-order valence-electron chi connectivity index (χ4n) is 2.05. The van der Waals surface area contributed by atoms with Gasteiger partial charge in [-0.05, 0) is 32.1 Å². The third-order valence-electron chi connectivity index (χ3n) is 2.99. The van der Waals surface area contributed by atoms with Gasteiger partial charge in [-0.2, -0.15) is 0 Å². The minimum Gasteiger partial charge on any atom is -0.314 e. The molecule has 16 heavy (non-hydrogen) atoms. The average molecular weight is 220 g/mol. The highest BCUT2D eigenvalue weighted by atomic mass is 16.2. The van der Waals surface area contributed by atoms with Crippen molar-refractivity contribution in [1.82, 2.24) is 9.55 Å². The second kappa shape index (κ2) is 4.96. The fourth-order valence-corrected chi connectivity index (χ4v) is 2.05. The number of hydrogen-bond acceptors (Lipinski definition) is 2. The summed E-state index contributed by atoms with van der Waals surface area (Å²) in [5, 5.41) is 0. The molecule has 0 spiro atoms. The molecule has 4 heteroatoms. The maximum Gasteiger partial charge on any atom is 0.328 e. The summed E-state index contributed by atoms with van der Waals surface area (Å²) in [5.41, 5.74) is 0.838. The van der Waals surface area contributed by atoms with Crippen molar-refractivity contribution in [3.8, 4) is 0 Å². The summed E-state index contributed by atoms with van der Waals surface area (Å²) in [7, 11) is 0. The van der Waals surface area contributed by atoms with Gasteiger partial charge in [0, 0.05) is 18.8 Å². The van der Waals surface area contributed by atoms with Gasteiger partial charge in [0.15, 0.2) is 0 Å². The minimum atomic E-state index is -0.316. The summed E-state index contributed by atoms with van der Waals surface area (Å²) in [6, 6.07) is 1.39. The Hall–Kier alpha value is -1.58. The first-order valence-corrected chi connectivity index (χ1v) is 5.74. The van der Waals surface area contributed by atoms with Crippen LogP contribution in [0.25, 0.3) is 0 Å². The van der Waals surface area contributed by atoms with Crippen LogP contribution in [0.3, 0.4) is 0 Å². The van der Waals surface area contributed by atoms with E-state index in [1.54, 1.807) is 0 Å². The second-order valence-electron chi connectivity index (χ2n) is 4.13. The molecule has 0 saturated heterocycles. The van der Waals surface area contributed by atoms with Crippen molar-refractivity contribution in [3.05, 3.63) is 44.8 Å². The minimum absolute atomic E-state index is 0.222. The van der Waals surface area contributed by atoms with E-state index in [0.717, 1.165) is 19.3 Å². The lowest BCUT2D eigenvalue weighted by atomic mass is 9.97. The Morgan fingerprint density at radius 2 is 2.19 bits per heavy atom. The van der Waals surface area contributed by atoms with E-state index in [4.69, 9.17) is 0 Å². The molecule has 1 aromatic heterocycles. The molecule has 1 aliphatic carbocycles. The number of H-pyrrole nitrogens is 1. The molecule has 4 nitrogen and oxygen atoms in total. The van der Waals surface area contributed by atoms with Gasteiger partial charge in [0.1, 0.15) is 0 Å². The van der Waals surface area contributed by atoms with Crippen molar-refractivity contribution in [3.63, 3.8) is 0 Å². The first-order chi connectivity index (χ1) is 7.77. The first kappa shape index (κ1) is 10.9. The van der Waals surface area contributed by atoms with E-state index >= 15 is 0 Å². The predicted molar refractivity (Wildman–Crippen MR) is 62.5 cm³/mol. The van der Waals surface area contributed by atoms with Gasteiger partial charge in [-0.25, -0.2) is 4.79 Å². The van der Waals surface area contributed by atoms with Gasteiger partial charge in [0.05, 0.1) is 0 Å². The van der Waals surface area contributed by atoms with Crippen LogP contribution in [0, 0.1) is 0 Å². The smallest absolute Gasteiger partial charge is 0.314 e. The second-order valence-corrected chi connectivity index (χ2v) is 4.13. The Kier molecular flexibility index (Phi) is 3.39. The molecule has 1 heterocycles. The van der Waals surface area contributed by atoms with Crippen molar-refractivity contribution >= 4 is 0 Å². The third kappa shape index (κ3) is 2.51. The van der Waals surface area contributed by atoms with Crippen LogP contribution in [0.4, 0.5) is 0 Å². The topological polar surface area (TPSA) is 54.9 Å². The standard InChI is InChI=1S/C12H16N2O2/c15-11-6-8-13-12(16)14(11)9-7-10-4-2-1-3-5-10/h4,6,8H,1-3,5,7,9H2,(H,13,16). The van der Waals surface area contributed by atoms with Gasteiger partial charge in [-0.1, -0.05) is 11.6 Å². The number of nitrogens with one attached hydrogen (secondary N) is 1. The van der Waals surface area contributed by atoms with Gasteiger partial charge in [-0.3, -0.25) is 9.36 Å². The van der Waals surface area contributed by atoms with Crippen LogP contribution >= 0.6 is 0 Å². The molecule has 0 atom stereocenters. The molecule has 0 unspecified atom stereocenters. The first-order valence-electron chi connectivity index (χ1n) is 5.74. The molecule has 1 aliphatic rings. The number of aromatic nitrogens is 2. The molecule has 86 valence electrons. The van der Waals surface area contributed by atoms with Crippen LogP contribution in [0.15, 0.2) is 33.5 Å². The molecule has 0 aliphatic heterocycles. The Morgan fingerprint density at radius 1 is 1.31 bits per heavy atom. The lowest BCUT2D eigenvalue weighted by Crippen LogP contribution is -2.34. The Bertz CT molecular complexity index is 468. The van der Waals surface area contributed by atoms with Gasteiger partial charge >= 0.3 is 5.69 Å². The van der Waals surface area contributed by atoms with Crippen molar-refractivity contribution < 1.29 is 0 Å². The van der Waals surface area contributed by atoms with E-state index < -0.39 is 0 Å². The number of hydrogen-bond donors (Lipinski definition) is 1. The summed E-state index contributed by atoms with van der Waals surface area (Å²) < 4.78 is 1.26. The van der Waals surface area contributed by atoms with Crippen LogP contribution in [0.5, 0.6) is 0 Å². The van der Waals surface area contributed by atoms with Crippen molar-refractivity contribution in [2.45, 2.75) is 38.6 Å². The van der Waals surface area contributed by atoms with Crippen molar-refractivity contribution in [1.29, 1.82) is 0 Å². The molecule has 1 N–H and O–H groups in total. The highest BCUT2D eigenvalue weighted by Gasteiger charge is 2.05. The van der Waals surface area contributed by atoms with Crippen LogP contribution in [0.2, 0.25) is 0 Å². The zero-order valence-electron chi connectivity index (χ0n) is 9.24. The predicted octanol–water partition coefficient (Wildman–Crippen LogP) is 1.43. The number of nitrogens with zero attached hydrogens (tertiary/aromatic N) is 1. The molecule has 0 radical (unpaired) electrons. The molecule has 0 amide bonds. The van der Waals surface area contributed by atoms with E-state index in [9.17, 15) is 9.59 Å². The average Bonchev–Trinajstić information content (AvgIpc) is 2.30. The summed E-state index contributed by atoms with van der Waals surface area (Å²) in [6.07, 6.45) is 9.18. The highest BCUT2D eigenvalue weighted by Crippen LogP contribution is 2.19. The Labute approximate surface area is 93.6 Å². The Balaban J connectivity index is 2.07. The lowest BCUT2D eigenvalue weighted by Gasteiger charge is -2.12. The number of rotatable bonds is 3. The third-order valence-corrected chi connectivity index (χ3v) is 2.99. The van der Waals surface area contributed by atoms with E-state index in [-0.39, 0.29) is 11.2 Å². The van der Waals surface area contributed by atoms with Gasteiger partial charge in [0.25, 0.3) is 5.56 Å². The molecule has 0 fully saturated rings. The van der Waals surface area contributed by atoms with E-state index in [2.05, 4.69) is 11.1 Å². The van der Waals surface area contributed by atoms with Gasteiger partial charge in [0.2, 0.25) is 0 Å². The molecule has 0 bridgehead atoms. The number of allylic oxidation sites excluding steroid dienone is 2. The quantitative estimate of drug-likeness (QED) is 0.783. The van der Waals surface area contributed by atoms with Crippen LogP contribution < -0.4 is 11.2 Å². The molecular weight excluding hydrogens is 204 g/mol. The van der Waals surface area contributed by atoms with Crippen molar-refractivity contribution in [2.75, 3.05) is 0 Å². The SMILES string of the molecule is O=c1cc[nH]c(=O)n1CCC1=CCCCC1. The molecule has 0 aromatic carbocycles. The monoisotopic (exact) mass is 220 g/mol. The van der Waals surface area contributed by atoms with E-state index in [0.29, 0.717) is 6.54 Å². The van der Waals surface area contributed by atoms with Crippen molar-refractivity contribution in [2.24, 2.45) is 0 Å². The fraction of sp³-hybridized carbons (Fsp3) is 0.500. The zero-order valence-corrected chi connectivity index (χ0v) is 9.24. The largest absolute Gasteiger partial charge is 0.328 e. The summed E-state index contributed by atoms with van der Waals surface area (Å²) >= 11 is 0. The van der Waals surface area contributed by atoms with E-state index in [1.165, 1.54) is 35.2 Å². The van der Waals surface area contributed by atoms with Crippen LogP contribution in [-0.2, 0) is 6.54 Å². The Morgan fingerprint density at radius 3 is 2.88 bits per heavy atom. The van der Waals surface area contributed by atoms with Gasteiger partial charge < -0.3 is 4.98 Å². The molecular formula is C12H16N2O2. The normalized spacial score (nSPS) is 15.9. The molecule has 0 saturated carbocycles. The number of aromatic amines is 1. The van der Waals surface area contributed by atoms with Gasteiger partial charge in [-0.15, -0.1) is 0 Å². The zero-order chi connectivity index (χ0) is 11.4. The molecule has 2 rings (SSSR count). The lowest BCUT2D eigenvalue weighted by molar-refractivity contribution is 0.591. The summed E-state index contributed by atoms with van der Waals surface area (Å²) in [6.45, 7) is 0.487.